The molecule has 0 amide bonds. The summed E-state index contributed by atoms with van der Waals surface area (Å²) >= 11 is 1.75. The van der Waals surface area contributed by atoms with Crippen LogP contribution in [0.5, 0.6) is 0 Å². The van der Waals surface area contributed by atoms with Crippen LogP contribution in [0.1, 0.15) is 26.3 Å². The topological polar surface area (TPSA) is 12.9 Å². The molecular formula is C15H17NS. The molecule has 0 saturated carbocycles. The van der Waals surface area contributed by atoms with Gasteiger partial charge in [0.2, 0.25) is 0 Å². The van der Waals surface area contributed by atoms with Gasteiger partial charge in [0.1, 0.15) is 0 Å². The number of nitrogens with zero attached hydrogens (tertiary/aromatic N) is 1. The first-order chi connectivity index (χ1) is 8.18. The third-order valence-corrected chi connectivity index (χ3v) is 3.51. The summed E-state index contributed by atoms with van der Waals surface area (Å²) in [5.41, 5.74) is 3.71. The third-order valence-electron chi connectivity index (χ3n) is 2.57. The highest BCUT2D eigenvalue weighted by atomic mass is 32.1. The maximum absolute atomic E-state index is 4.43. The largest absolute Gasteiger partial charge is 0.255 e. The Morgan fingerprint density at radius 2 is 2.12 bits per heavy atom. The fourth-order valence-electron chi connectivity index (χ4n) is 1.91. The molecule has 0 unspecified atom stereocenters. The van der Waals surface area contributed by atoms with E-state index in [1.165, 1.54) is 16.0 Å². The zero-order valence-corrected chi connectivity index (χ0v) is 11.3. The van der Waals surface area contributed by atoms with Crippen molar-refractivity contribution in [3.05, 3.63) is 47.5 Å². The first-order valence-electron chi connectivity index (χ1n) is 5.86. The van der Waals surface area contributed by atoms with Crippen LogP contribution >= 0.6 is 11.3 Å². The maximum atomic E-state index is 4.43. The number of aromatic nitrogens is 1. The zero-order chi connectivity index (χ0) is 12.3. The lowest BCUT2D eigenvalue weighted by atomic mass is 10.0. The molecule has 1 nitrogen and oxygen atoms in total. The average molecular weight is 243 g/mol. The van der Waals surface area contributed by atoms with E-state index in [-0.39, 0.29) is 0 Å². The molecule has 0 aromatic carbocycles. The van der Waals surface area contributed by atoms with Crippen molar-refractivity contribution in [1.82, 2.24) is 4.98 Å². The van der Waals surface area contributed by atoms with Crippen molar-refractivity contribution in [1.29, 1.82) is 0 Å². The van der Waals surface area contributed by atoms with E-state index >= 15 is 0 Å². The van der Waals surface area contributed by atoms with Gasteiger partial charge in [0.15, 0.2) is 0 Å². The first-order valence-corrected chi connectivity index (χ1v) is 6.74. The van der Waals surface area contributed by atoms with Gasteiger partial charge >= 0.3 is 0 Å². The van der Waals surface area contributed by atoms with Crippen molar-refractivity contribution in [2.45, 2.75) is 20.8 Å². The van der Waals surface area contributed by atoms with Crippen LogP contribution in [-0.4, -0.2) is 4.98 Å². The first kappa shape index (κ1) is 12.1. The molecular weight excluding hydrogens is 226 g/mol. The van der Waals surface area contributed by atoms with E-state index < -0.39 is 0 Å². The molecule has 0 aliphatic carbocycles. The quantitative estimate of drug-likeness (QED) is 0.749. The fourth-order valence-corrected chi connectivity index (χ4v) is 2.84. The van der Waals surface area contributed by atoms with Crippen molar-refractivity contribution in [3.63, 3.8) is 0 Å². The van der Waals surface area contributed by atoms with Crippen LogP contribution < -0.4 is 0 Å². The molecule has 0 bridgehead atoms. The predicted molar refractivity (Wildman–Crippen MR) is 76.0 cm³/mol. The molecule has 0 radical (unpaired) electrons. The van der Waals surface area contributed by atoms with Crippen LogP contribution in [-0.2, 0) is 0 Å². The van der Waals surface area contributed by atoms with Gasteiger partial charge in [-0.2, -0.15) is 0 Å². The van der Waals surface area contributed by atoms with Crippen molar-refractivity contribution < 1.29 is 0 Å². The van der Waals surface area contributed by atoms with Gasteiger partial charge in [-0.05, 0) is 47.6 Å². The molecule has 0 spiro atoms. The number of pyridine rings is 1. The minimum absolute atomic E-state index is 0.575. The minimum Gasteiger partial charge on any atom is -0.255 e. The van der Waals surface area contributed by atoms with Crippen LogP contribution in [0.15, 0.2) is 41.9 Å². The molecule has 0 aliphatic rings. The van der Waals surface area contributed by atoms with Gasteiger partial charge in [-0.1, -0.05) is 26.0 Å². The molecule has 0 atom stereocenters. The van der Waals surface area contributed by atoms with Gasteiger partial charge < -0.3 is 0 Å². The van der Waals surface area contributed by atoms with Crippen LogP contribution in [0.3, 0.4) is 0 Å². The number of hydrogen-bond acceptors (Lipinski definition) is 2. The summed E-state index contributed by atoms with van der Waals surface area (Å²) in [7, 11) is 0. The lowest BCUT2D eigenvalue weighted by Gasteiger charge is -2.05. The summed E-state index contributed by atoms with van der Waals surface area (Å²) in [4.78, 5) is 5.69. The maximum Gasteiger partial charge on any atom is 0.0807 e. The van der Waals surface area contributed by atoms with Gasteiger partial charge in [0.25, 0.3) is 0 Å². The molecule has 2 aromatic rings. The number of allylic oxidation sites excluding steroid dienone is 2. The molecule has 2 heterocycles. The SMILES string of the molecule is C/C(=C\C(C)C)c1ccsc1-c1ccccn1. The van der Waals surface area contributed by atoms with Gasteiger partial charge in [-0.3, -0.25) is 4.98 Å². The Balaban J connectivity index is 2.42. The van der Waals surface area contributed by atoms with Crippen molar-refractivity contribution in [2.75, 3.05) is 0 Å². The highest BCUT2D eigenvalue weighted by Crippen LogP contribution is 2.32. The zero-order valence-electron chi connectivity index (χ0n) is 10.5. The van der Waals surface area contributed by atoms with Crippen molar-refractivity contribution in [3.8, 4) is 10.6 Å². The molecule has 0 saturated heterocycles. The van der Waals surface area contributed by atoms with Crippen LogP contribution in [0, 0.1) is 5.92 Å². The second-order valence-electron chi connectivity index (χ2n) is 4.47. The summed E-state index contributed by atoms with van der Waals surface area (Å²) < 4.78 is 0. The average Bonchev–Trinajstić information content (AvgIpc) is 2.78. The highest BCUT2D eigenvalue weighted by Gasteiger charge is 2.09. The summed E-state index contributed by atoms with van der Waals surface area (Å²) in [5, 5.41) is 2.14. The third kappa shape index (κ3) is 2.83. The molecule has 17 heavy (non-hydrogen) atoms. The summed E-state index contributed by atoms with van der Waals surface area (Å²) in [6, 6.07) is 8.24. The van der Waals surface area contributed by atoms with E-state index in [0.29, 0.717) is 5.92 Å². The van der Waals surface area contributed by atoms with Crippen LogP contribution in [0.25, 0.3) is 16.1 Å². The number of rotatable bonds is 3. The van der Waals surface area contributed by atoms with E-state index in [9.17, 15) is 0 Å². The molecule has 0 N–H and O–H groups in total. The summed E-state index contributed by atoms with van der Waals surface area (Å²) in [5.74, 6) is 0.575. The highest BCUT2D eigenvalue weighted by molar-refractivity contribution is 7.13. The molecule has 2 aromatic heterocycles. The normalized spacial score (nSPS) is 12.1. The Bertz CT molecular complexity index is 509. The molecule has 0 aliphatic heterocycles. The molecule has 88 valence electrons. The van der Waals surface area contributed by atoms with Gasteiger partial charge in [-0.25, -0.2) is 0 Å². The Morgan fingerprint density at radius 1 is 1.29 bits per heavy atom. The number of hydrogen-bond donors (Lipinski definition) is 0. The van der Waals surface area contributed by atoms with E-state index in [1.807, 2.05) is 18.3 Å². The van der Waals surface area contributed by atoms with E-state index in [2.05, 4.69) is 49.3 Å². The molecule has 2 rings (SSSR count). The van der Waals surface area contributed by atoms with Gasteiger partial charge in [0.05, 0.1) is 10.6 Å². The Kier molecular flexibility index (Phi) is 3.75. The van der Waals surface area contributed by atoms with Crippen LogP contribution in [0.4, 0.5) is 0 Å². The van der Waals surface area contributed by atoms with E-state index in [1.54, 1.807) is 11.3 Å². The lowest BCUT2D eigenvalue weighted by Crippen LogP contribution is -1.86. The van der Waals surface area contributed by atoms with E-state index in [4.69, 9.17) is 0 Å². The predicted octanol–water partition coefficient (Wildman–Crippen LogP) is 4.87. The number of thiophene rings is 1. The van der Waals surface area contributed by atoms with Gasteiger partial charge in [0, 0.05) is 6.20 Å². The lowest BCUT2D eigenvalue weighted by molar-refractivity contribution is 0.833. The minimum atomic E-state index is 0.575. The Hall–Kier alpha value is -1.41. The van der Waals surface area contributed by atoms with Crippen molar-refractivity contribution >= 4 is 16.9 Å². The smallest absolute Gasteiger partial charge is 0.0807 e. The summed E-state index contributed by atoms with van der Waals surface area (Å²) in [6.07, 6.45) is 4.15. The van der Waals surface area contributed by atoms with Crippen LogP contribution in [0.2, 0.25) is 0 Å². The molecule has 0 fully saturated rings. The monoisotopic (exact) mass is 243 g/mol. The second kappa shape index (κ2) is 5.28. The Labute approximate surface area is 107 Å². The Morgan fingerprint density at radius 3 is 2.76 bits per heavy atom. The molecule has 2 heteroatoms. The van der Waals surface area contributed by atoms with E-state index in [0.717, 1.165) is 5.69 Å². The summed E-state index contributed by atoms with van der Waals surface area (Å²) in [6.45, 7) is 6.58. The second-order valence-corrected chi connectivity index (χ2v) is 5.39. The van der Waals surface area contributed by atoms with Gasteiger partial charge in [-0.15, -0.1) is 11.3 Å². The fraction of sp³-hybridized carbons (Fsp3) is 0.267. The van der Waals surface area contributed by atoms with Crippen molar-refractivity contribution in [2.24, 2.45) is 5.92 Å². The standard InChI is InChI=1S/C15H17NS/c1-11(2)10-12(3)13-7-9-17-15(13)14-6-4-5-8-16-14/h4-11H,1-3H3/b12-10+.